The molecule has 0 saturated carbocycles. The second kappa shape index (κ2) is 9.39. The first-order valence-corrected chi connectivity index (χ1v) is 8.54. The van der Waals surface area contributed by atoms with E-state index in [0.29, 0.717) is 31.1 Å². The lowest BCUT2D eigenvalue weighted by Gasteiger charge is -2.09. The van der Waals surface area contributed by atoms with Crippen LogP contribution in [0.5, 0.6) is 5.75 Å². The summed E-state index contributed by atoms with van der Waals surface area (Å²) in [5, 5.41) is 6.34. The highest BCUT2D eigenvalue weighted by molar-refractivity contribution is 9.10. The fourth-order valence-corrected chi connectivity index (χ4v) is 2.59. The van der Waals surface area contributed by atoms with Gasteiger partial charge in [-0.1, -0.05) is 15.9 Å². The highest BCUT2D eigenvalue weighted by Crippen LogP contribution is 2.21. The Balaban J connectivity index is 1.85. The van der Waals surface area contributed by atoms with E-state index in [1.807, 2.05) is 13.0 Å². The fraction of sp³-hybridized carbons (Fsp3) is 0.438. The van der Waals surface area contributed by atoms with Gasteiger partial charge >= 0.3 is 11.8 Å². The molecule has 2 rings (SSSR count). The lowest BCUT2D eigenvalue weighted by molar-refractivity contribution is -0.139. The number of halogens is 1. The molecule has 0 spiro atoms. The molecule has 0 radical (unpaired) electrons. The zero-order valence-electron chi connectivity index (χ0n) is 13.4. The normalized spacial score (nSPS) is 17.0. The number of carbonyl (C=O) groups is 2. The second-order valence-electron chi connectivity index (χ2n) is 5.16. The van der Waals surface area contributed by atoms with E-state index in [0.717, 1.165) is 17.3 Å². The minimum Gasteiger partial charge on any atom is -0.493 e. The van der Waals surface area contributed by atoms with Gasteiger partial charge in [-0.3, -0.25) is 9.59 Å². The highest BCUT2D eigenvalue weighted by atomic mass is 79.9. The number of carbonyl (C=O) groups excluding carboxylic acids is 2. The SMILES string of the molecule is CCOc1ccc(Br)cc1/C=N\NC(=O)C(=O)NC[C@H]1CCCO1. The number of rotatable bonds is 6. The van der Waals surface area contributed by atoms with Gasteiger partial charge in [0.05, 0.1) is 18.9 Å². The Bertz CT molecular complexity index is 615. The van der Waals surface area contributed by atoms with Crippen LogP contribution in [0, 0.1) is 0 Å². The topological polar surface area (TPSA) is 89.0 Å². The number of amides is 2. The molecule has 1 fully saturated rings. The smallest absolute Gasteiger partial charge is 0.329 e. The number of nitrogens with zero attached hydrogens (tertiary/aromatic N) is 1. The number of ether oxygens (including phenoxy) is 2. The molecule has 0 aromatic heterocycles. The van der Waals surface area contributed by atoms with Crippen LogP contribution in [-0.4, -0.2) is 43.9 Å². The molecule has 1 aliphatic rings. The van der Waals surface area contributed by atoms with Crippen molar-refractivity contribution in [2.75, 3.05) is 19.8 Å². The van der Waals surface area contributed by atoms with Gasteiger partial charge in [-0.15, -0.1) is 0 Å². The first kappa shape index (κ1) is 18.4. The first-order chi connectivity index (χ1) is 11.6. The molecule has 1 aromatic rings. The van der Waals surface area contributed by atoms with Crippen LogP contribution in [0.15, 0.2) is 27.8 Å². The average Bonchev–Trinajstić information content (AvgIpc) is 3.08. The molecule has 0 unspecified atom stereocenters. The summed E-state index contributed by atoms with van der Waals surface area (Å²) in [5.41, 5.74) is 2.89. The van der Waals surface area contributed by atoms with Crippen molar-refractivity contribution < 1.29 is 19.1 Å². The predicted octanol–water partition coefficient (Wildman–Crippen LogP) is 1.59. The van der Waals surface area contributed by atoms with Crippen LogP contribution < -0.4 is 15.5 Å². The summed E-state index contributed by atoms with van der Waals surface area (Å²) < 4.78 is 11.7. The number of hydrazone groups is 1. The Morgan fingerprint density at radius 3 is 3.00 bits per heavy atom. The Kier molecular flexibility index (Phi) is 7.20. The molecule has 8 heteroatoms. The van der Waals surface area contributed by atoms with Crippen LogP contribution in [0.4, 0.5) is 0 Å². The van der Waals surface area contributed by atoms with E-state index in [9.17, 15) is 9.59 Å². The molecule has 1 saturated heterocycles. The lowest BCUT2D eigenvalue weighted by Crippen LogP contribution is -2.41. The lowest BCUT2D eigenvalue weighted by atomic mass is 10.2. The van der Waals surface area contributed by atoms with Crippen LogP contribution in [0.2, 0.25) is 0 Å². The molecular weight excluding hydrogens is 378 g/mol. The zero-order valence-corrected chi connectivity index (χ0v) is 15.0. The molecule has 0 bridgehead atoms. The largest absolute Gasteiger partial charge is 0.493 e. The van der Waals surface area contributed by atoms with Crippen molar-refractivity contribution in [2.45, 2.75) is 25.9 Å². The van der Waals surface area contributed by atoms with Gasteiger partial charge in [-0.2, -0.15) is 5.10 Å². The zero-order chi connectivity index (χ0) is 17.4. The molecule has 1 aliphatic heterocycles. The standard InChI is InChI=1S/C16H20BrN3O4/c1-2-23-14-6-5-12(17)8-11(14)9-19-20-16(22)15(21)18-10-13-4-3-7-24-13/h5-6,8-9,13H,2-4,7,10H2,1H3,(H,18,21)(H,20,22)/b19-9-/t13-/m1/s1. The summed E-state index contributed by atoms with van der Waals surface area (Å²) in [4.78, 5) is 23.4. The van der Waals surface area contributed by atoms with Crippen LogP contribution in [-0.2, 0) is 14.3 Å². The Hall–Kier alpha value is -1.93. The predicted molar refractivity (Wildman–Crippen MR) is 93.0 cm³/mol. The fourth-order valence-electron chi connectivity index (χ4n) is 2.21. The monoisotopic (exact) mass is 397 g/mol. The van der Waals surface area contributed by atoms with E-state index in [-0.39, 0.29) is 6.10 Å². The molecule has 0 aliphatic carbocycles. The van der Waals surface area contributed by atoms with Crippen molar-refractivity contribution >= 4 is 34.0 Å². The van der Waals surface area contributed by atoms with Crippen molar-refractivity contribution in [3.63, 3.8) is 0 Å². The van der Waals surface area contributed by atoms with Gasteiger partial charge in [-0.25, -0.2) is 5.43 Å². The summed E-state index contributed by atoms with van der Waals surface area (Å²) in [7, 11) is 0. The molecule has 2 amide bonds. The summed E-state index contributed by atoms with van der Waals surface area (Å²) in [6.45, 7) is 3.42. The van der Waals surface area contributed by atoms with E-state index in [4.69, 9.17) is 9.47 Å². The van der Waals surface area contributed by atoms with Crippen LogP contribution >= 0.6 is 15.9 Å². The van der Waals surface area contributed by atoms with Gasteiger partial charge in [0.2, 0.25) is 0 Å². The Labute approximate surface area is 148 Å². The molecule has 130 valence electrons. The van der Waals surface area contributed by atoms with E-state index >= 15 is 0 Å². The van der Waals surface area contributed by atoms with Crippen molar-refractivity contribution in [1.82, 2.24) is 10.7 Å². The summed E-state index contributed by atoms with van der Waals surface area (Å²) in [6.07, 6.45) is 3.29. The number of hydrogen-bond donors (Lipinski definition) is 2. The van der Waals surface area contributed by atoms with Gasteiger partial charge in [-0.05, 0) is 38.0 Å². The number of hydrogen-bond acceptors (Lipinski definition) is 5. The van der Waals surface area contributed by atoms with Gasteiger partial charge < -0.3 is 14.8 Å². The highest BCUT2D eigenvalue weighted by Gasteiger charge is 2.18. The number of nitrogens with one attached hydrogen (secondary N) is 2. The van der Waals surface area contributed by atoms with Crippen molar-refractivity contribution in [3.8, 4) is 5.75 Å². The number of benzene rings is 1. The summed E-state index contributed by atoms with van der Waals surface area (Å²) in [5.74, 6) is -0.916. The third-order valence-electron chi connectivity index (χ3n) is 3.36. The molecule has 1 atom stereocenters. The Morgan fingerprint density at radius 2 is 2.29 bits per heavy atom. The van der Waals surface area contributed by atoms with E-state index in [2.05, 4.69) is 31.8 Å². The van der Waals surface area contributed by atoms with Crippen LogP contribution in [0.1, 0.15) is 25.3 Å². The van der Waals surface area contributed by atoms with Gasteiger partial charge in [0.25, 0.3) is 0 Å². The van der Waals surface area contributed by atoms with Crippen molar-refractivity contribution in [3.05, 3.63) is 28.2 Å². The molecule has 1 heterocycles. The average molecular weight is 398 g/mol. The van der Waals surface area contributed by atoms with Crippen molar-refractivity contribution in [2.24, 2.45) is 5.10 Å². The summed E-state index contributed by atoms with van der Waals surface area (Å²) >= 11 is 3.36. The van der Waals surface area contributed by atoms with Crippen molar-refractivity contribution in [1.29, 1.82) is 0 Å². The summed E-state index contributed by atoms with van der Waals surface area (Å²) in [6, 6.07) is 5.45. The minimum atomic E-state index is -0.822. The van der Waals surface area contributed by atoms with E-state index in [1.54, 1.807) is 12.1 Å². The third-order valence-corrected chi connectivity index (χ3v) is 3.86. The molecular formula is C16H20BrN3O4. The maximum absolute atomic E-state index is 11.7. The maximum atomic E-state index is 11.7. The van der Waals surface area contributed by atoms with E-state index < -0.39 is 11.8 Å². The first-order valence-electron chi connectivity index (χ1n) is 7.75. The molecule has 7 nitrogen and oxygen atoms in total. The third kappa shape index (κ3) is 5.61. The molecule has 2 N–H and O–H groups in total. The van der Waals surface area contributed by atoms with Crippen LogP contribution in [0.25, 0.3) is 0 Å². The van der Waals surface area contributed by atoms with E-state index in [1.165, 1.54) is 6.21 Å². The quantitative estimate of drug-likeness (QED) is 0.433. The van der Waals surface area contributed by atoms with Gasteiger partial charge in [0, 0.05) is 23.2 Å². The van der Waals surface area contributed by atoms with Gasteiger partial charge in [0.15, 0.2) is 0 Å². The van der Waals surface area contributed by atoms with Gasteiger partial charge in [0.1, 0.15) is 5.75 Å². The molecule has 1 aromatic carbocycles. The van der Waals surface area contributed by atoms with Crippen LogP contribution in [0.3, 0.4) is 0 Å². The minimum absolute atomic E-state index is 0.0133. The Morgan fingerprint density at radius 1 is 1.46 bits per heavy atom. The maximum Gasteiger partial charge on any atom is 0.329 e. The molecule has 24 heavy (non-hydrogen) atoms. The second-order valence-corrected chi connectivity index (χ2v) is 6.08.